The van der Waals surface area contributed by atoms with Crippen LogP contribution in [0.2, 0.25) is 0 Å². The first kappa shape index (κ1) is 15.5. The molecule has 0 bridgehead atoms. The number of nitrogens with one attached hydrogen (secondary N) is 2. The van der Waals surface area contributed by atoms with Crippen molar-refractivity contribution >= 4 is 11.7 Å². The highest BCUT2D eigenvalue weighted by molar-refractivity contribution is 5.91. The molecule has 1 aliphatic carbocycles. The maximum atomic E-state index is 12.1. The van der Waals surface area contributed by atoms with Crippen LogP contribution in [0.4, 0.5) is 5.82 Å². The fourth-order valence-corrected chi connectivity index (χ4v) is 3.37. The third-order valence-corrected chi connectivity index (χ3v) is 4.54. The number of hydrogen-bond acceptors (Lipinski definition) is 4. The number of amides is 1. The Morgan fingerprint density at radius 1 is 1.27 bits per heavy atom. The van der Waals surface area contributed by atoms with Crippen LogP contribution in [0.1, 0.15) is 51.0 Å². The van der Waals surface area contributed by atoms with Gasteiger partial charge in [0.15, 0.2) is 0 Å². The molecular weight excluding hydrogens is 280 g/mol. The van der Waals surface area contributed by atoms with E-state index >= 15 is 0 Å². The molecule has 0 unspecified atom stereocenters. The molecule has 1 atom stereocenters. The number of carbonyl (C=O) groups excluding carboxylic acids is 1. The second-order valence-corrected chi connectivity index (χ2v) is 6.27. The third-order valence-electron chi connectivity index (χ3n) is 4.54. The summed E-state index contributed by atoms with van der Waals surface area (Å²) in [6.07, 6.45) is 10.4. The monoisotopic (exact) mass is 306 g/mol. The van der Waals surface area contributed by atoms with Crippen LogP contribution >= 0.6 is 0 Å². The summed E-state index contributed by atoms with van der Waals surface area (Å²) in [6.45, 7) is 1.91. The minimum atomic E-state index is -0.0180. The Kier molecular flexibility index (Phi) is 5.45. The quantitative estimate of drug-likeness (QED) is 0.844. The van der Waals surface area contributed by atoms with Gasteiger partial charge in [-0.05, 0) is 25.7 Å². The van der Waals surface area contributed by atoms with Crippen molar-refractivity contribution in [3.05, 3.63) is 12.3 Å². The van der Waals surface area contributed by atoms with Crippen molar-refractivity contribution in [2.24, 2.45) is 0 Å². The number of hydrogen-bond donors (Lipinski definition) is 2. The lowest BCUT2D eigenvalue weighted by molar-refractivity contribution is -0.115. The number of anilines is 1. The lowest BCUT2D eigenvalue weighted by atomic mass is 9.96. The predicted octanol–water partition coefficient (Wildman–Crippen LogP) is 2.10. The Morgan fingerprint density at radius 3 is 2.91 bits per heavy atom. The van der Waals surface area contributed by atoms with Crippen molar-refractivity contribution in [1.82, 2.24) is 15.1 Å². The van der Waals surface area contributed by atoms with Crippen LogP contribution < -0.4 is 10.6 Å². The molecule has 1 aromatic heterocycles. The van der Waals surface area contributed by atoms with Crippen molar-refractivity contribution in [2.75, 3.05) is 25.0 Å². The SMILES string of the molecule is O=C(CNC[C@@H]1CCCO1)Nc1ccnn1C1CCCCC1. The molecule has 1 saturated heterocycles. The normalized spacial score (nSPS) is 22.8. The van der Waals surface area contributed by atoms with E-state index in [0.29, 0.717) is 12.6 Å². The average molecular weight is 306 g/mol. The second-order valence-electron chi connectivity index (χ2n) is 6.27. The maximum absolute atomic E-state index is 12.1. The summed E-state index contributed by atoms with van der Waals surface area (Å²) in [7, 11) is 0. The zero-order chi connectivity index (χ0) is 15.2. The van der Waals surface area contributed by atoms with Gasteiger partial charge in [-0.1, -0.05) is 19.3 Å². The number of aromatic nitrogens is 2. The molecule has 1 saturated carbocycles. The second kappa shape index (κ2) is 7.74. The van der Waals surface area contributed by atoms with E-state index in [1.54, 1.807) is 6.20 Å². The van der Waals surface area contributed by atoms with Gasteiger partial charge in [-0.25, -0.2) is 4.68 Å². The molecule has 3 rings (SSSR count). The summed E-state index contributed by atoms with van der Waals surface area (Å²) < 4.78 is 7.51. The van der Waals surface area contributed by atoms with Crippen molar-refractivity contribution in [3.63, 3.8) is 0 Å². The van der Waals surface area contributed by atoms with E-state index in [4.69, 9.17) is 4.74 Å². The van der Waals surface area contributed by atoms with Gasteiger partial charge >= 0.3 is 0 Å². The molecule has 6 nitrogen and oxygen atoms in total. The fraction of sp³-hybridized carbons (Fsp3) is 0.750. The van der Waals surface area contributed by atoms with Gasteiger partial charge in [0.2, 0.25) is 5.91 Å². The van der Waals surface area contributed by atoms with E-state index in [2.05, 4.69) is 15.7 Å². The van der Waals surface area contributed by atoms with E-state index < -0.39 is 0 Å². The molecule has 6 heteroatoms. The lowest BCUT2D eigenvalue weighted by Gasteiger charge is -2.24. The van der Waals surface area contributed by atoms with Gasteiger partial charge in [0.05, 0.1) is 24.9 Å². The smallest absolute Gasteiger partial charge is 0.239 e. The Hall–Kier alpha value is -1.40. The number of nitrogens with zero attached hydrogens (tertiary/aromatic N) is 2. The zero-order valence-corrected chi connectivity index (χ0v) is 13.1. The molecule has 1 aliphatic heterocycles. The topological polar surface area (TPSA) is 68.2 Å². The number of rotatable bonds is 6. The zero-order valence-electron chi connectivity index (χ0n) is 13.1. The molecule has 2 aliphatic rings. The van der Waals surface area contributed by atoms with Crippen LogP contribution in [0.15, 0.2) is 12.3 Å². The highest BCUT2D eigenvalue weighted by atomic mass is 16.5. The summed E-state index contributed by atoms with van der Waals surface area (Å²) in [5.74, 6) is 0.798. The van der Waals surface area contributed by atoms with Gasteiger partial charge in [0, 0.05) is 19.2 Å². The first-order valence-corrected chi connectivity index (χ1v) is 8.48. The van der Waals surface area contributed by atoms with Crippen molar-refractivity contribution in [2.45, 2.75) is 57.1 Å². The van der Waals surface area contributed by atoms with Crippen LogP contribution in [0.3, 0.4) is 0 Å². The minimum Gasteiger partial charge on any atom is -0.377 e. The average Bonchev–Trinajstić information content (AvgIpc) is 3.20. The fourth-order valence-electron chi connectivity index (χ4n) is 3.37. The lowest BCUT2D eigenvalue weighted by Crippen LogP contribution is -2.34. The third kappa shape index (κ3) is 4.08. The molecule has 2 N–H and O–H groups in total. The molecule has 1 amide bonds. The molecule has 0 aromatic carbocycles. The van der Waals surface area contributed by atoms with E-state index in [1.165, 1.54) is 19.3 Å². The summed E-state index contributed by atoms with van der Waals surface area (Å²) in [5.41, 5.74) is 0. The van der Waals surface area contributed by atoms with Gasteiger partial charge in [0.1, 0.15) is 5.82 Å². The number of ether oxygens (including phenoxy) is 1. The first-order valence-electron chi connectivity index (χ1n) is 8.48. The van der Waals surface area contributed by atoms with Crippen LogP contribution in [0.25, 0.3) is 0 Å². The predicted molar refractivity (Wildman–Crippen MR) is 84.8 cm³/mol. The molecule has 122 valence electrons. The van der Waals surface area contributed by atoms with Crippen molar-refractivity contribution in [3.8, 4) is 0 Å². The van der Waals surface area contributed by atoms with E-state index in [9.17, 15) is 4.79 Å². The molecule has 0 radical (unpaired) electrons. The van der Waals surface area contributed by atoms with E-state index in [1.807, 2.05) is 10.7 Å². The van der Waals surface area contributed by atoms with Crippen LogP contribution in [0.5, 0.6) is 0 Å². The molecule has 0 spiro atoms. The van der Waals surface area contributed by atoms with E-state index in [0.717, 1.165) is 44.7 Å². The Bertz CT molecular complexity index is 476. The minimum absolute atomic E-state index is 0.0180. The maximum Gasteiger partial charge on any atom is 0.239 e. The Balaban J connectivity index is 1.45. The van der Waals surface area contributed by atoms with Gasteiger partial charge in [-0.3, -0.25) is 4.79 Å². The van der Waals surface area contributed by atoms with Crippen molar-refractivity contribution < 1.29 is 9.53 Å². The van der Waals surface area contributed by atoms with Gasteiger partial charge in [0.25, 0.3) is 0 Å². The highest BCUT2D eigenvalue weighted by Crippen LogP contribution is 2.29. The Morgan fingerprint density at radius 2 is 2.14 bits per heavy atom. The molecule has 2 fully saturated rings. The summed E-state index contributed by atoms with van der Waals surface area (Å²) in [6, 6.07) is 2.31. The molecular formula is C16H26N4O2. The van der Waals surface area contributed by atoms with Gasteiger partial charge in [-0.15, -0.1) is 0 Å². The molecule has 2 heterocycles. The van der Waals surface area contributed by atoms with Crippen LogP contribution in [0, 0.1) is 0 Å². The van der Waals surface area contributed by atoms with E-state index in [-0.39, 0.29) is 12.0 Å². The van der Waals surface area contributed by atoms with Crippen molar-refractivity contribution in [1.29, 1.82) is 0 Å². The van der Waals surface area contributed by atoms with Gasteiger partial charge in [-0.2, -0.15) is 5.10 Å². The summed E-state index contributed by atoms with van der Waals surface area (Å²) >= 11 is 0. The van der Waals surface area contributed by atoms with Crippen LogP contribution in [-0.2, 0) is 9.53 Å². The standard InChI is InChI=1S/C16H26N4O2/c21-16(12-17-11-14-7-4-10-22-14)19-15-8-9-18-20(15)13-5-2-1-3-6-13/h8-9,13-14,17H,1-7,10-12H2,(H,19,21)/t14-/m0/s1. The van der Waals surface area contributed by atoms with Gasteiger partial charge < -0.3 is 15.4 Å². The first-order chi connectivity index (χ1) is 10.8. The summed E-state index contributed by atoms with van der Waals surface area (Å²) in [5, 5.41) is 10.5. The highest BCUT2D eigenvalue weighted by Gasteiger charge is 2.19. The summed E-state index contributed by atoms with van der Waals surface area (Å²) in [4.78, 5) is 12.1. The Labute approximate surface area is 131 Å². The van der Waals surface area contributed by atoms with Crippen LogP contribution in [-0.4, -0.2) is 41.5 Å². The molecule has 1 aromatic rings. The molecule has 22 heavy (non-hydrogen) atoms. The number of carbonyl (C=O) groups is 1. The largest absolute Gasteiger partial charge is 0.377 e.